The molecule has 10 nitrogen and oxygen atoms in total. The zero-order valence-corrected chi connectivity index (χ0v) is 22.1. The van der Waals surface area contributed by atoms with Crippen LogP contribution in [-0.4, -0.2) is 35.5 Å². The average molecular weight is 549 g/mol. The van der Waals surface area contributed by atoms with Crippen LogP contribution >= 0.6 is 0 Å². The van der Waals surface area contributed by atoms with Gasteiger partial charge in [0, 0.05) is 17.7 Å². The number of hydrogen-bond acceptors (Lipinski definition) is 7. The Labute approximate surface area is 236 Å². The van der Waals surface area contributed by atoms with E-state index in [0.29, 0.717) is 34.6 Å². The van der Waals surface area contributed by atoms with Crippen molar-refractivity contribution in [2.75, 3.05) is 6.54 Å². The van der Waals surface area contributed by atoms with E-state index >= 15 is 0 Å². The molecule has 0 radical (unpaired) electrons. The zero-order valence-electron chi connectivity index (χ0n) is 22.1. The fraction of sp³-hybridized carbons (Fsp3) is 0.129. The fourth-order valence-corrected chi connectivity index (χ4v) is 3.69. The Balaban J connectivity index is 1.22. The summed E-state index contributed by atoms with van der Waals surface area (Å²) in [6.07, 6.45) is 0.495. The van der Waals surface area contributed by atoms with Crippen molar-refractivity contribution in [3.05, 3.63) is 120 Å². The first-order valence-electron chi connectivity index (χ1n) is 12.9. The molecular formula is C31H28N6O4. The molecule has 0 bridgehead atoms. The number of carboxylic acids is 1. The number of nitrogens with one attached hydrogen (secondary N) is 2. The van der Waals surface area contributed by atoms with Crippen LogP contribution in [0.5, 0.6) is 0 Å². The van der Waals surface area contributed by atoms with E-state index in [0.717, 1.165) is 5.69 Å². The van der Waals surface area contributed by atoms with E-state index < -0.39 is 17.9 Å². The van der Waals surface area contributed by atoms with Crippen molar-refractivity contribution in [1.82, 2.24) is 10.6 Å². The van der Waals surface area contributed by atoms with Gasteiger partial charge < -0.3 is 15.7 Å². The van der Waals surface area contributed by atoms with Crippen molar-refractivity contribution in [2.45, 2.75) is 18.9 Å². The molecule has 0 heterocycles. The molecule has 0 fully saturated rings. The van der Waals surface area contributed by atoms with Gasteiger partial charge >= 0.3 is 5.97 Å². The maximum atomic E-state index is 12.6. The summed E-state index contributed by atoms with van der Waals surface area (Å²) < 4.78 is 0. The summed E-state index contributed by atoms with van der Waals surface area (Å²) in [5.41, 5.74) is 3.34. The van der Waals surface area contributed by atoms with Crippen LogP contribution in [0.1, 0.15) is 33.6 Å². The molecule has 0 saturated heterocycles. The molecule has 0 spiro atoms. The molecule has 206 valence electrons. The van der Waals surface area contributed by atoms with Gasteiger partial charge in [-0.2, -0.15) is 20.5 Å². The van der Waals surface area contributed by atoms with Crippen LogP contribution in [0.3, 0.4) is 0 Å². The molecular weight excluding hydrogens is 520 g/mol. The van der Waals surface area contributed by atoms with Crippen LogP contribution in [0.15, 0.2) is 130 Å². The summed E-state index contributed by atoms with van der Waals surface area (Å²) in [6.45, 7) is 0.245. The molecule has 10 heteroatoms. The Morgan fingerprint density at radius 3 is 1.44 bits per heavy atom. The lowest BCUT2D eigenvalue weighted by Gasteiger charge is -2.15. The lowest BCUT2D eigenvalue weighted by atomic mass is 10.1. The van der Waals surface area contributed by atoms with Gasteiger partial charge in [0.15, 0.2) is 0 Å². The minimum absolute atomic E-state index is 0.142. The van der Waals surface area contributed by atoms with Crippen LogP contribution in [0.25, 0.3) is 0 Å². The standard InChI is InChI=1S/C31H28N6O4/c38-29(22-13-17-26(18-14-22)36-34-24-8-3-1-4-9-24)32-21-7-12-28(31(40)41)33-30(39)23-15-19-27(20-16-23)37-35-25-10-5-2-6-11-25/h1-6,8-11,13-20,28H,7,12,21H2,(H,32,38)(H,33,39)(H,40,41)/t28-/m1/s1. The number of amides is 2. The molecule has 0 aliphatic rings. The SMILES string of the molecule is O=C(NCCC[C@@H](NC(=O)c1ccc(N=Nc2ccccc2)cc1)C(=O)O)c1ccc(N=Nc2ccccc2)cc1. The molecule has 0 unspecified atom stereocenters. The van der Waals surface area contributed by atoms with Gasteiger partial charge in [0.2, 0.25) is 0 Å². The summed E-state index contributed by atoms with van der Waals surface area (Å²) in [5.74, 6) is -1.97. The van der Waals surface area contributed by atoms with Crippen LogP contribution in [-0.2, 0) is 4.79 Å². The molecule has 0 aliphatic heterocycles. The van der Waals surface area contributed by atoms with Gasteiger partial charge in [-0.3, -0.25) is 9.59 Å². The highest BCUT2D eigenvalue weighted by Crippen LogP contribution is 2.19. The lowest BCUT2D eigenvalue weighted by molar-refractivity contribution is -0.139. The van der Waals surface area contributed by atoms with Gasteiger partial charge in [0.05, 0.1) is 22.7 Å². The Kier molecular flexibility index (Phi) is 10.1. The van der Waals surface area contributed by atoms with Gasteiger partial charge in [0.25, 0.3) is 11.8 Å². The summed E-state index contributed by atoms with van der Waals surface area (Å²) in [4.78, 5) is 36.8. The minimum atomic E-state index is -1.15. The van der Waals surface area contributed by atoms with Crippen molar-refractivity contribution in [3.8, 4) is 0 Å². The number of carboxylic acid groups (broad SMARTS) is 1. The van der Waals surface area contributed by atoms with E-state index in [1.807, 2.05) is 60.7 Å². The third kappa shape index (κ3) is 9.03. The molecule has 2 amide bonds. The summed E-state index contributed by atoms with van der Waals surface area (Å²) in [5, 5.41) is 31.4. The fourth-order valence-electron chi connectivity index (χ4n) is 3.69. The molecule has 4 aromatic carbocycles. The first-order valence-corrected chi connectivity index (χ1v) is 12.9. The topological polar surface area (TPSA) is 145 Å². The predicted octanol–water partition coefficient (Wildman–Crippen LogP) is 6.91. The van der Waals surface area contributed by atoms with Crippen molar-refractivity contribution in [1.29, 1.82) is 0 Å². The molecule has 4 rings (SSSR count). The van der Waals surface area contributed by atoms with E-state index in [4.69, 9.17) is 0 Å². The number of hydrogen-bond donors (Lipinski definition) is 3. The molecule has 0 aromatic heterocycles. The highest BCUT2D eigenvalue weighted by Gasteiger charge is 2.20. The first-order chi connectivity index (χ1) is 20.0. The first kappa shape index (κ1) is 28.5. The number of carbonyl (C=O) groups excluding carboxylic acids is 2. The van der Waals surface area contributed by atoms with Crippen molar-refractivity contribution in [3.63, 3.8) is 0 Å². The maximum Gasteiger partial charge on any atom is 0.326 e. The zero-order chi connectivity index (χ0) is 28.9. The molecule has 41 heavy (non-hydrogen) atoms. The Morgan fingerprint density at radius 2 is 1.00 bits per heavy atom. The highest BCUT2D eigenvalue weighted by molar-refractivity contribution is 5.97. The van der Waals surface area contributed by atoms with E-state index in [2.05, 4.69) is 31.1 Å². The van der Waals surface area contributed by atoms with E-state index in [9.17, 15) is 19.5 Å². The number of benzene rings is 4. The number of rotatable bonds is 12. The number of carbonyl (C=O) groups is 3. The summed E-state index contributed by atoms with van der Waals surface area (Å²) in [6, 6.07) is 30.5. The molecule has 4 aromatic rings. The van der Waals surface area contributed by atoms with Gasteiger partial charge in [-0.25, -0.2) is 4.79 Å². The van der Waals surface area contributed by atoms with Crippen molar-refractivity contribution in [2.24, 2.45) is 20.5 Å². The summed E-state index contributed by atoms with van der Waals surface area (Å²) >= 11 is 0. The van der Waals surface area contributed by atoms with Gasteiger partial charge in [-0.1, -0.05) is 36.4 Å². The second-order valence-electron chi connectivity index (χ2n) is 8.93. The van der Waals surface area contributed by atoms with Crippen LogP contribution in [0.4, 0.5) is 22.7 Å². The minimum Gasteiger partial charge on any atom is -0.480 e. The lowest BCUT2D eigenvalue weighted by Crippen LogP contribution is -2.41. The second kappa shape index (κ2) is 14.6. The second-order valence-corrected chi connectivity index (χ2v) is 8.93. The Hall–Kier alpha value is -5.51. The van der Waals surface area contributed by atoms with Crippen LogP contribution in [0.2, 0.25) is 0 Å². The normalized spacial score (nSPS) is 11.8. The number of azo groups is 2. The largest absolute Gasteiger partial charge is 0.480 e. The van der Waals surface area contributed by atoms with E-state index in [1.165, 1.54) is 0 Å². The predicted molar refractivity (Wildman–Crippen MR) is 155 cm³/mol. The number of aliphatic carboxylic acids is 1. The molecule has 1 atom stereocenters. The summed E-state index contributed by atoms with van der Waals surface area (Å²) in [7, 11) is 0. The average Bonchev–Trinajstić information content (AvgIpc) is 3.01. The Bertz CT molecular complexity index is 1510. The molecule has 0 aliphatic carbocycles. The Morgan fingerprint density at radius 1 is 0.585 bits per heavy atom. The van der Waals surface area contributed by atoms with E-state index in [-0.39, 0.29) is 18.9 Å². The highest BCUT2D eigenvalue weighted by atomic mass is 16.4. The van der Waals surface area contributed by atoms with Crippen molar-refractivity contribution >= 4 is 40.5 Å². The van der Waals surface area contributed by atoms with Gasteiger partial charge in [-0.05, 0) is 85.6 Å². The molecule has 3 N–H and O–H groups in total. The van der Waals surface area contributed by atoms with E-state index in [1.54, 1.807) is 48.5 Å². The third-order valence-electron chi connectivity index (χ3n) is 5.89. The quantitative estimate of drug-likeness (QED) is 0.130. The molecule has 0 saturated carbocycles. The monoisotopic (exact) mass is 548 g/mol. The maximum absolute atomic E-state index is 12.6. The van der Waals surface area contributed by atoms with Crippen LogP contribution < -0.4 is 10.6 Å². The van der Waals surface area contributed by atoms with Crippen molar-refractivity contribution < 1.29 is 19.5 Å². The van der Waals surface area contributed by atoms with Gasteiger partial charge in [0.1, 0.15) is 6.04 Å². The number of nitrogens with zero attached hydrogens (tertiary/aromatic N) is 4. The van der Waals surface area contributed by atoms with Crippen LogP contribution in [0, 0.1) is 0 Å². The van der Waals surface area contributed by atoms with Gasteiger partial charge in [-0.15, -0.1) is 0 Å². The smallest absolute Gasteiger partial charge is 0.326 e. The third-order valence-corrected chi connectivity index (χ3v) is 5.89.